The van der Waals surface area contributed by atoms with Gasteiger partial charge in [-0.2, -0.15) is 5.10 Å². The molecule has 0 spiro atoms. The Balaban J connectivity index is 0.00000261. The number of rotatable bonds is 7. The highest BCUT2D eigenvalue weighted by atomic mass is 35.5. The van der Waals surface area contributed by atoms with Crippen LogP contribution in [0.25, 0.3) is 0 Å². The summed E-state index contributed by atoms with van der Waals surface area (Å²) in [4.78, 5) is 15.0. The van der Waals surface area contributed by atoms with Crippen LogP contribution in [0.1, 0.15) is 69.4 Å². The van der Waals surface area contributed by atoms with Gasteiger partial charge in [-0.3, -0.25) is 9.48 Å². The molecule has 1 saturated carbocycles. The molecule has 154 valence electrons. The lowest BCUT2D eigenvalue weighted by atomic mass is 9.58. The Kier molecular flexibility index (Phi) is 7.72. The Morgan fingerprint density at radius 2 is 2.15 bits per heavy atom. The number of carbonyl (C=O) groups excluding carboxylic acids is 1. The van der Waals surface area contributed by atoms with Crippen molar-refractivity contribution in [1.82, 2.24) is 20.0 Å². The second kappa shape index (κ2) is 9.39. The SMILES string of the molecule is CCOC1CC(N(C)C(=O)c2ccn(C3CCCNC3)n2)C1(CC)CC.Cl. The van der Waals surface area contributed by atoms with Crippen LogP contribution in [0, 0.1) is 5.41 Å². The molecule has 1 aliphatic heterocycles. The molecule has 1 amide bonds. The monoisotopic (exact) mass is 398 g/mol. The summed E-state index contributed by atoms with van der Waals surface area (Å²) in [7, 11) is 1.93. The van der Waals surface area contributed by atoms with Crippen molar-refractivity contribution in [2.75, 3.05) is 26.7 Å². The van der Waals surface area contributed by atoms with E-state index in [9.17, 15) is 4.79 Å². The van der Waals surface area contributed by atoms with Gasteiger partial charge in [0.05, 0.1) is 12.1 Å². The molecule has 1 aromatic rings. The Morgan fingerprint density at radius 1 is 1.41 bits per heavy atom. The number of nitrogens with zero attached hydrogens (tertiary/aromatic N) is 3. The third kappa shape index (κ3) is 4.03. The van der Waals surface area contributed by atoms with Crippen LogP contribution in [0.15, 0.2) is 12.3 Å². The normalized spacial score (nSPS) is 26.7. The Labute approximate surface area is 169 Å². The van der Waals surface area contributed by atoms with Crippen LogP contribution in [-0.2, 0) is 4.74 Å². The average molecular weight is 399 g/mol. The first kappa shape index (κ1) is 22.2. The van der Waals surface area contributed by atoms with Gasteiger partial charge in [-0.1, -0.05) is 13.8 Å². The maximum atomic E-state index is 13.1. The molecule has 27 heavy (non-hydrogen) atoms. The van der Waals surface area contributed by atoms with Crippen LogP contribution in [0.4, 0.5) is 0 Å². The molecule has 2 aliphatic rings. The summed E-state index contributed by atoms with van der Waals surface area (Å²) in [5.41, 5.74) is 0.620. The number of nitrogens with one attached hydrogen (secondary N) is 1. The van der Waals surface area contributed by atoms with Crippen molar-refractivity contribution in [3.8, 4) is 0 Å². The fourth-order valence-electron chi connectivity index (χ4n) is 4.92. The van der Waals surface area contributed by atoms with E-state index in [2.05, 4.69) is 24.3 Å². The molecule has 1 aromatic heterocycles. The molecule has 3 atom stereocenters. The van der Waals surface area contributed by atoms with Crippen LogP contribution in [0.2, 0.25) is 0 Å². The fourth-order valence-corrected chi connectivity index (χ4v) is 4.92. The van der Waals surface area contributed by atoms with E-state index in [1.807, 2.05) is 35.8 Å². The zero-order chi connectivity index (χ0) is 18.7. The molecule has 1 saturated heterocycles. The van der Waals surface area contributed by atoms with Gasteiger partial charge in [-0.15, -0.1) is 12.4 Å². The third-order valence-electron chi connectivity index (χ3n) is 6.69. The van der Waals surface area contributed by atoms with Crippen molar-refractivity contribution < 1.29 is 9.53 Å². The maximum absolute atomic E-state index is 13.1. The van der Waals surface area contributed by atoms with Gasteiger partial charge in [-0.25, -0.2) is 0 Å². The van der Waals surface area contributed by atoms with Gasteiger partial charge >= 0.3 is 0 Å². The van der Waals surface area contributed by atoms with Crippen molar-refractivity contribution in [2.24, 2.45) is 5.41 Å². The minimum atomic E-state index is 0. The summed E-state index contributed by atoms with van der Waals surface area (Å²) in [6.07, 6.45) is 7.46. The summed E-state index contributed by atoms with van der Waals surface area (Å²) in [6, 6.07) is 2.45. The molecule has 6 nitrogen and oxygen atoms in total. The van der Waals surface area contributed by atoms with Crippen LogP contribution in [-0.4, -0.2) is 59.5 Å². The van der Waals surface area contributed by atoms with E-state index in [1.54, 1.807) is 0 Å². The maximum Gasteiger partial charge on any atom is 0.274 e. The van der Waals surface area contributed by atoms with E-state index in [4.69, 9.17) is 4.74 Å². The number of hydrogen-bond donors (Lipinski definition) is 1. The molecular weight excluding hydrogens is 364 g/mol. The number of ether oxygens (including phenoxy) is 1. The minimum absolute atomic E-state index is 0. The largest absolute Gasteiger partial charge is 0.378 e. The van der Waals surface area contributed by atoms with Crippen LogP contribution < -0.4 is 5.32 Å². The van der Waals surface area contributed by atoms with Gasteiger partial charge in [0.15, 0.2) is 0 Å². The Bertz CT molecular complexity index is 611. The smallest absolute Gasteiger partial charge is 0.274 e. The lowest BCUT2D eigenvalue weighted by molar-refractivity contribution is -0.159. The molecule has 3 rings (SSSR count). The zero-order valence-corrected chi connectivity index (χ0v) is 17.9. The van der Waals surface area contributed by atoms with Gasteiger partial charge in [0.2, 0.25) is 0 Å². The molecule has 2 heterocycles. The predicted octanol–water partition coefficient (Wildman–Crippen LogP) is 3.29. The Hall–Kier alpha value is -1.11. The molecule has 0 bridgehead atoms. The standard InChI is InChI=1S/C20H34N4O2.ClH/c1-5-20(6-2)17(13-18(20)26-7-3)23(4)19(25)16-10-12-24(22-16)15-9-8-11-21-14-15;/h10,12,15,17-18,21H,5-9,11,13-14H2,1-4H3;1H. The van der Waals surface area contributed by atoms with Gasteiger partial charge in [0.25, 0.3) is 5.91 Å². The van der Waals surface area contributed by atoms with Gasteiger partial charge in [-0.05, 0) is 51.6 Å². The predicted molar refractivity (Wildman–Crippen MR) is 110 cm³/mol. The number of amides is 1. The number of halogens is 1. The molecule has 7 heteroatoms. The average Bonchev–Trinajstić information content (AvgIpc) is 3.16. The molecular formula is C20H35ClN4O2. The molecule has 1 N–H and O–H groups in total. The zero-order valence-electron chi connectivity index (χ0n) is 17.1. The summed E-state index contributed by atoms with van der Waals surface area (Å²) in [6.45, 7) is 9.21. The van der Waals surface area contributed by atoms with E-state index >= 15 is 0 Å². The third-order valence-corrected chi connectivity index (χ3v) is 6.69. The van der Waals surface area contributed by atoms with Crippen LogP contribution >= 0.6 is 12.4 Å². The van der Waals surface area contributed by atoms with E-state index in [1.165, 1.54) is 0 Å². The second-order valence-corrected chi connectivity index (χ2v) is 7.73. The van der Waals surface area contributed by atoms with E-state index in [0.717, 1.165) is 51.8 Å². The number of carbonyl (C=O) groups is 1. The lowest BCUT2D eigenvalue weighted by Gasteiger charge is -2.58. The van der Waals surface area contributed by atoms with Crippen molar-refractivity contribution >= 4 is 18.3 Å². The first-order valence-corrected chi connectivity index (χ1v) is 10.2. The summed E-state index contributed by atoms with van der Waals surface area (Å²) in [5.74, 6) is 0.0266. The van der Waals surface area contributed by atoms with Crippen LogP contribution in [0.3, 0.4) is 0 Å². The van der Waals surface area contributed by atoms with Crippen molar-refractivity contribution in [3.63, 3.8) is 0 Å². The summed E-state index contributed by atoms with van der Waals surface area (Å²) in [5, 5.41) is 8.01. The fraction of sp³-hybridized carbons (Fsp3) is 0.800. The lowest BCUT2D eigenvalue weighted by Crippen LogP contribution is -2.64. The highest BCUT2D eigenvalue weighted by Crippen LogP contribution is 2.51. The minimum Gasteiger partial charge on any atom is -0.378 e. The van der Waals surface area contributed by atoms with Gasteiger partial charge in [0, 0.05) is 37.9 Å². The highest BCUT2D eigenvalue weighted by molar-refractivity contribution is 5.92. The molecule has 2 fully saturated rings. The van der Waals surface area contributed by atoms with Gasteiger partial charge in [0.1, 0.15) is 5.69 Å². The van der Waals surface area contributed by atoms with E-state index in [0.29, 0.717) is 11.7 Å². The quantitative estimate of drug-likeness (QED) is 0.765. The number of hydrogen-bond acceptors (Lipinski definition) is 4. The molecule has 3 unspecified atom stereocenters. The number of piperidine rings is 1. The van der Waals surface area contributed by atoms with Crippen molar-refractivity contribution in [2.45, 2.75) is 71.1 Å². The topological polar surface area (TPSA) is 59.4 Å². The molecule has 1 aliphatic carbocycles. The molecule has 0 radical (unpaired) electrons. The van der Waals surface area contributed by atoms with E-state index in [-0.39, 0.29) is 35.9 Å². The van der Waals surface area contributed by atoms with Crippen LogP contribution in [0.5, 0.6) is 0 Å². The Morgan fingerprint density at radius 3 is 2.74 bits per heavy atom. The van der Waals surface area contributed by atoms with Crippen molar-refractivity contribution in [3.05, 3.63) is 18.0 Å². The van der Waals surface area contributed by atoms with Crippen molar-refractivity contribution in [1.29, 1.82) is 0 Å². The summed E-state index contributed by atoms with van der Waals surface area (Å²) < 4.78 is 7.92. The first-order chi connectivity index (χ1) is 12.6. The summed E-state index contributed by atoms with van der Waals surface area (Å²) >= 11 is 0. The number of aromatic nitrogens is 2. The second-order valence-electron chi connectivity index (χ2n) is 7.73. The molecule has 0 aromatic carbocycles. The highest BCUT2D eigenvalue weighted by Gasteiger charge is 2.55. The first-order valence-electron chi connectivity index (χ1n) is 10.2. The van der Waals surface area contributed by atoms with Gasteiger partial charge < -0.3 is 15.0 Å². The van der Waals surface area contributed by atoms with E-state index < -0.39 is 0 Å².